The third-order valence-corrected chi connectivity index (χ3v) is 3.12. The van der Waals surface area contributed by atoms with Gasteiger partial charge in [0.25, 0.3) is 6.47 Å². The monoisotopic (exact) mass is 329 g/mol. The largest absolute Gasteiger partial charge is 0.496 e. The quantitative estimate of drug-likeness (QED) is 0.563. The number of halogens is 1. The summed E-state index contributed by atoms with van der Waals surface area (Å²) in [6, 6.07) is 5.52. The molecular formula is C13H16BrNO4. The number of likely N-dealkylation sites (N-methyl/N-ethyl adjacent to an activating group) is 1. The summed E-state index contributed by atoms with van der Waals surface area (Å²) < 4.78 is 10.7. The van der Waals surface area contributed by atoms with E-state index in [-0.39, 0.29) is 18.9 Å². The van der Waals surface area contributed by atoms with Gasteiger partial charge in [-0.3, -0.25) is 9.59 Å². The fourth-order valence-electron chi connectivity index (χ4n) is 1.55. The number of carbonyl (C=O) groups is 2. The van der Waals surface area contributed by atoms with E-state index in [1.54, 1.807) is 14.2 Å². The summed E-state index contributed by atoms with van der Waals surface area (Å²) in [4.78, 5) is 23.5. The number of amides is 1. The van der Waals surface area contributed by atoms with Gasteiger partial charge in [0.05, 0.1) is 20.1 Å². The molecule has 1 aromatic rings. The molecule has 0 radical (unpaired) electrons. The SMILES string of the molecule is COc1ccc(Br)cc1CC(=O)N(C)CCOC=O. The summed E-state index contributed by atoms with van der Waals surface area (Å²) in [6.45, 7) is 0.935. The average molecular weight is 330 g/mol. The number of carbonyl (C=O) groups excluding carboxylic acids is 2. The first-order chi connectivity index (χ1) is 9.08. The summed E-state index contributed by atoms with van der Waals surface area (Å²) in [5, 5.41) is 0. The zero-order valence-corrected chi connectivity index (χ0v) is 12.5. The molecule has 6 heteroatoms. The predicted molar refractivity (Wildman–Crippen MR) is 74.1 cm³/mol. The molecule has 0 aromatic heterocycles. The van der Waals surface area contributed by atoms with Crippen LogP contribution in [-0.2, 0) is 20.7 Å². The number of nitrogens with zero attached hydrogens (tertiary/aromatic N) is 1. The summed E-state index contributed by atoms with van der Waals surface area (Å²) >= 11 is 3.36. The van der Waals surface area contributed by atoms with Gasteiger partial charge in [-0.2, -0.15) is 0 Å². The van der Waals surface area contributed by atoms with Gasteiger partial charge >= 0.3 is 0 Å². The van der Waals surface area contributed by atoms with Crippen molar-refractivity contribution in [3.05, 3.63) is 28.2 Å². The molecule has 1 amide bonds. The molecule has 0 spiro atoms. The maximum Gasteiger partial charge on any atom is 0.293 e. The van der Waals surface area contributed by atoms with Crippen LogP contribution in [0, 0.1) is 0 Å². The number of rotatable bonds is 7. The van der Waals surface area contributed by atoms with Crippen LogP contribution in [0.2, 0.25) is 0 Å². The first-order valence-corrected chi connectivity index (χ1v) is 6.49. The van der Waals surface area contributed by atoms with Crippen LogP contribution in [0.4, 0.5) is 0 Å². The molecule has 0 atom stereocenters. The Morgan fingerprint density at radius 1 is 1.47 bits per heavy atom. The van der Waals surface area contributed by atoms with Gasteiger partial charge in [0, 0.05) is 17.1 Å². The molecular weight excluding hydrogens is 314 g/mol. The molecule has 0 fully saturated rings. The number of hydrogen-bond acceptors (Lipinski definition) is 4. The number of hydrogen-bond donors (Lipinski definition) is 0. The van der Waals surface area contributed by atoms with E-state index in [0.717, 1.165) is 10.0 Å². The molecule has 104 valence electrons. The van der Waals surface area contributed by atoms with Crippen LogP contribution < -0.4 is 4.74 Å². The van der Waals surface area contributed by atoms with E-state index in [1.165, 1.54) is 4.90 Å². The molecule has 0 bridgehead atoms. The van der Waals surface area contributed by atoms with Gasteiger partial charge in [-0.1, -0.05) is 15.9 Å². The van der Waals surface area contributed by atoms with Crippen molar-refractivity contribution in [2.75, 3.05) is 27.3 Å². The minimum absolute atomic E-state index is 0.0640. The summed E-state index contributed by atoms with van der Waals surface area (Å²) in [6.07, 6.45) is 0.236. The zero-order valence-electron chi connectivity index (χ0n) is 10.9. The normalized spacial score (nSPS) is 9.84. The molecule has 0 unspecified atom stereocenters. The first-order valence-electron chi connectivity index (χ1n) is 5.70. The molecule has 0 aliphatic rings. The van der Waals surface area contributed by atoms with Crippen molar-refractivity contribution in [1.82, 2.24) is 4.90 Å². The van der Waals surface area contributed by atoms with Crippen LogP contribution in [-0.4, -0.2) is 44.6 Å². The van der Waals surface area contributed by atoms with Gasteiger partial charge in [0.2, 0.25) is 5.91 Å². The molecule has 0 aliphatic heterocycles. The van der Waals surface area contributed by atoms with Crippen LogP contribution in [0.3, 0.4) is 0 Å². The molecule has 0 N–H and O–H groups in total. The Labute approximate surface area is 120 Å². The Bertz CT molecular complexity index is 450. The third-order valence-electron chi connectivity index (χ3n) is 2.62. The smallest absolute Gasteiger partial charge is 0.293 e. The Morgan fingerprint density at radius 3 is 2.84 bits per heavy atom. The maximum absolute atomic E-state index is 12.0. The summed E-state index contributed by atoms with van der Waals surface area (Å²) in [5.41, 5.74) is 0.810. The van der Waals surface area contributed by atoms with E-state index in [2.05, 4.69) is 20.7 Å². The zero-order chi connectivity index (χ0) is 14.3. The van der Waals surface area contributed by atoms with Crippen molar-refractivity contribution in [3.63, 3.8) is 0 Å². The van der Waals surface area contributed by atoms with Gasteiger partial charge in [-0.05, 0) is 18.2 Å². The average Bonchev–Trinajstić information content (AvgIpc) is 2.39. The maximum atomic E-state index is 12.0. The minimum atomic E-state index is -0.0640. The van der Waals surface area contributed by atoms with Crippen LogP contribution in [0.5, 0.6) is 5.75 Å². The van der Waals surface area contributed by atoms with E-state index in [9.17, 15) is 9.59 Å². The predicted octanol–water partition coefficient (Wildman–Crippen LogP) is 1.63. The molecule has 0 saturated heterocycles. The van der Waals surface area contributed by atoms with Gasteiger partial charge in [-0.25, -0.2) is 0 Å². The fourth-order valence-corrected chi connectivity index (χ4v) is 1.95. The van der Waals surface area contributed by atoms with E-state index in [1.807, 2.05) is 18.2 Å². The standard InChI is InChI=1S/C13H16BrNO4/c1-15(5-6-19-9-16)13(17)8-10-7-11(14)3-4-12(10)18-2/h3-4,7,9H,5-6,8H2,1-2H3. The van der Waals surface area contributed by atoms with Crippen molar-refractivity contribution < 1.29 is 19.1 Å². The minimum Gasteiger partial charge on any atom is -0.496 e. The van der Waals surface area contributed by atoms with Crippen molar-refractivity contribution in [3.8, 4) is 5.75 Å². The molecule has 0 saturated carbocycles. The fraction of sp³-hybridized carbons (Fsp3) is 0.385. The van der Waals surface area contributed by atoms with Gasteiger partial charge in [0.1, 0.15) is 12.4 Å². The van der Waals surface area contributed by atoms with E-state index in [0.29, 0.717) is 18.8 Å². The second-order valence-electron chi connectivity index (χ2n) is 3.92. The molecule has 5 nitrogen and oxygen atoms in total. The van der Waals surface area contributed by atoms with E-state index in [4.69, 9.17) is 4.74 Å². The molecule has 19 heavy (non-hydrogen) atoms. The molecule has 0 heterocycles. The van der Waals surface area contributed by atoms with Crippen molar-refractivity contribution in [1.29, 1.82) is 0 Å². The van der Waals surface area contributed by atoms with Crippen molar-refractivity contribution >= 4 is 28.3 Å². The highest BCUT2D eigenvalue weighted by molar-refractivity contribution is 9.10. The Morgan fingerprint density at radius 2 is 2.21 bits per heavy atom. The van der Waals surface area contributed by atoms with Crippen LogP contribution in [0.25, 0.3) is 0 Å². The Balaban J connectivity index is 2.65. The highest BCUT2D eigenvalue weighted by atomic mass is 79.9. The number of ether oxygens (including phenoxy) is 2. The second-order valence-corrected chi connectivity index (χ2v) is 4.83. The highest BCUT2D eigenvalue weighted by Gasteiger charge is 2.13. The summed E-state index contributed by atoms with van der Waals surface area (Å²) in [5.74, 6) is 0.611. The van der Waals surface area contributed by atoms with Crippen molar-refractivity contribution in [2.24, 2.45) is 0 Å². The molecule has 1 rings (SSSR count). The van der Waals surface area contributed by atoms with Crippen LogP contribution in [0.1, 0.15) is 5.56 Å². The molecule has 0 aliphatic carbocycles. The Kier molecular flexibility index (Phi) is 6.35. The Hall–Kier alpha value is -1.56. The summed E-state index contributed by atoms with van der Waals surface area (Å²) in [7, 11) is 3.24. The van der Waals surface area contributed by atoms with Crippen molar-refractivity contribution in [2.45, 2.75) is 6.42 Å². The number of benzene rings is 1. The van der Waals surface area contributed by atoms with E-state index >= 15 is 0 Å². The van der Waals surface area contributed by atoms with Crippen LogP contribution >= 0.6 is 15.9 Å². The molecule has 1 aromatic carbocycles. The third kappa shape index (κ3) is 4.90. The lowest BCUT2D eigenvalue weighted by atomic mass is 10.1. The lowest BCUT2D eigenvalue weighted by Gasteiger charge is -2.17. The lowest BCUT2D eigenvalue weighted by molar-refractivity contribution is -0.134. The lowest BCUT2D eigenvalue weighted by Crippen LogP contribution is -2.31. The van der Waals surface area contributed by atoms with E-state index < -0.39 is 0 Å². The number of methoxy groups -OCH3 is 1. The van der Waals surface area contributed by atoms with Crippen LogP contribution in [0.15, 0.2) is 22.7 Å². The first kappa shape index (κ1) is 15.5. The topological polar surface area (TPSA) is 55.8 Å². The van der Waals surface area contributed by atoms with Gasteiger partial charge in [0.15, 0.2) is 0 Å². The second kappa shape index (κ2) is 7.78. The van der Waals surface area contributed by atoms with Gasteiger partial charge in [-0.15, -0.1) is 0 Å². The van der Waals surface area contributed by atoms with Gasteiger partial charge < -0.3 is 14.4 Å². The highest BCUT2D eigenvalue weighted by Crippen LogP contribution is 2.23.